The van der Waals surface area contributed by atoms with E-state index in [9.17, 15) is 4.79 Å². The van der Waals surface area contributed by atoms with Crippen molar-refractivity contribution in [3.05, 3.63) is 64.6 Å². The predicted octanol–water partition coefficient (Wildman–Crippen LogP) is 3.00. The Hall–Kier alpha value is -3.20. The van der Waals surface area contributed by atoms with Gasteiger partial charge in [-0.15, -0.1) is 0 Å². The zero-order valence-electron chi connectivity index (χ0n) is 16.2. The van der Waals surface area contributed by atoms with Gasteiger partial charge in [-0.05, 0) is 44.2 Å². The zero-order chi connectivity index (χ0) is 19.7. The summed E-state index contributed by atoms with van der Waals surface area (Å²) >= 11 is 0. The highest BCUT2D eigenvalue weighted by Crippen LogP contribution is 2.47. The van der Waals surface area contributed by atoms with Gasteiger partial charge in [0, 0.05) is 29.8 Å². The third kappa shape index (κ3) is 3.24. The van der Waals surface area contributed by atoms with Gasteiger partial charge in [-0.2, -0.15) is 10.4 Å². The number of carbonyl (C=O) groups excluding carboxylic acids is 1. The molecule has 6 nitrogen and oxygen atoms in total. The Balaban J connectivity index is 1.41. The second kappa shape index (κ2) is 7.08. The molecule has 2 heterocycles. The number of nitriles is 1. The van der Waals surface area contributed by atoms with Crippen LogP contribution >= 0.6 is 0 Å². The monoisotopic (exact) mass is 373 g/mol. The number of nitrogens with one attached hydrogen (secondary N) is 1. The Labute approximate surface area is 164 Å². The highest BCUT2D eigenvalue weighted by atomic mass is 16.1. The number of nitrogens with zero attached hydrogens (tertiary/aromatic N) is 4. The Morgan fingerprint density at radius 3 is 2.71 bits per heavy atom. The van der Waals surface area contributed by atoms with Crippen molar-refractivity contribution < 1.29 is 4.79 Å². The molecule has 0 saturated heterocycles. The summed E-state index contributed by atoms with van der Waals surface area (Å²) in [4.78, 5) is 17.0. The SMILES string of the molecule is Cc1nc2c(C#N)cnn2c(C)c1CCC(=O)NCC1(c2ccccc2)CC1. The molecule has 1 aromatic carbocycles. The molecular weight excluding hydrogens is 350 g/mol. The van der Waals surface area contributed by atoms with Crippen molar-refractivity contribution >= 4 is 11.6 Å². The van der Waals surface area contributed by atoms with Crippen molar-refractivity contribution in [1.29, 1.82) is 5.26 Å². The number of fused-ring (bicyclic) bond motifs is 1. The molecule has 1 fully saturated rings. The van der Waals surface area contributed by atoms with Crippen LogP contribution < -0.4 is 5.32 Å². The van der Waals surface area contributed by atoms with Crippen LogP contribution in [0.2, 0.25) is 0 Å². The van der Waals surface area contributed by atoms with Gasteiger partial charge < -0.3 is 5.32 Å². The fraction of sp³-hybridized carbons (Fsp3) is 0.364. The van der Waals surface area contributed by atoms with E-state index in [-0.39, 0.29) is 11.3 Å². The number of amides is 1. The van der Waals surface area contributed by atoms with Crippen LogP contribution in [0.15, 0.2) is 36.5 Å². The average molecular weight is 373 g/mol. The molecule has 0 radical (unpaired) electrons. The normalized spacial score (nSPS) is 14.6. The molecule has 0 unspecified atom stereocenters. The van der Waals surface area contributed by atoms with Gasteiger partial charge >= 0.3 is 0 Å². The minimum Gasteiger partial charge on any atom is -0.355 e. The van der Waals surface area contributed by atoms with E-state index in [4.69, 9.17) is 5.26 Å². The summed E-state index contributed by atoms with van der Waals surface area (Å²) in [6.45, 7) is 4.57. The van der Waals surface area contributed by atoms with Crippen LogP contribution in [0.3, 0.4) is 0 Å². The van der Waals surface area contributed by atoms with Crippen LogP contribution in [-0.4, -0.2) is 27.0 Å². The van der Waals surface area contributed by atoms with Gasteiger partial charge in [-0.3, -0.25) is 4.79 Å². The van der Waals surface area contributed by atoms with Crippen LogP contribution in [0, 0.1) is 25.2 Å². The molecule has 4 rings (SSSR count). The quantitative estimate of drug-likeness (QED) is 0.720. The van der Waals surface area contributed by atoms with Crippen LogP contribution in [0.5, 0.6) is 0 Å². The van der Waals surface area contributed by atoms with Gasteiger partial charge in [-0.25, -0.2) is 9.50 Å². The van der Waals surface area contributed by atoms with Crippen molar-refractivity contribution in [3.63, 3.8) is 0 Å². The number of benzene rings is 1. The smallest absolute Gasteiger partial charge is 0.220 e. The minimum atomic E-state index is 0.0549. The summed E-state index contributed by atoms with van der Waals surface area (Å²) in [5.41, 5.74) is 5.25. The molecule has 0 atom stereocenters. The van der Waals surface area contributed by atoms with Crippen LogP contribution in [0.1, 0.15) is 47.3 Å². The van der Waals surface area contributed by atoms with Crippen LogP contribution in [-0.2, 0) is 16.6 Å². The molecule has 1 N–H and O–H groups in total. The molecule has 0 spiro atoms. The first-order valence-corrected chi connectivity index (χ1v) is 9.60. The molecule has 3 aromatic rings. The number of aromatic nitrogens is 3. The van der Waals surface area contributed by atoms with Crippen molar-refractivity contribution in [2.75, 3.05) is 6.54 Å². The number of carbonyl (C=O) groups is 1. The van der Waals surface area contributed by atoms with Crippen molar-refractivity contribution in [2.24, 2.45) is 0 Å². The second-order valence-corrected chi connectivity index (χ2v) is 7.59. The van der Waals surface area contributed by atoms with Gasteiger partial charge in [0.2, 0.25) is 5.91 Å². The minimum absolute atomic E-state index is 0.0549. The lowest BCUT2D eigenvalue weighted by Gasteiger charge is -2.17. The number of aryl methyl sites for hydroxylation is 2. The summed E-state index contributed by atoms with van der Waals surface area (Å²) in [6, 6.07) is 12.5. The number of hydrogen-bond donors (Lipinski definition) is 1. The average Bonchev–Trinajstić information content (AvgIpc) is 3.40. The molecule has 2 aromatic heterocycles. The van der Waals surface area contributed by atoms with Gasteiger partial charge in [0.25, 0.3) is 0 Å². The van der Waals surface area contributed by atoms with E-state index in [1.807, 2.05) is 19.9 Å². The summed E-state index contributed by atoms with van der Waals surface area (Å²) in [5.74, 6) is 0.0549. The lowest BCUT2D eigenvalue weighted by atomic mass is 9.96. The van der Waals surface area contributed by atoms with E-state index in [2.05, 4.69) is 45.7 Å². The summed E-state index contributed by atoms with van der Waals surface area (Å²) in [7, 11) is 0. The third-order valence-corrected chi connectivity index (χ3v) is 5.79. The van der Waals surface area contributed by atoms with Crippen molar-refractivity contribution in [3.8, 4) is 6.07 Å². The summed E-state index contributed by atoms with van der Waals surface area (Å²) in [5, 5.41) is 16.5. The summed E-state index contributed by atoms with van der Waals surface area (Å²) in [6.07, 6.45) is 4.79. The van der Waals surface area contributed by atoms with Crippen molar-refractivity contribution in [2.45, 2.75) is 44.9 Å². The Kier molecular flexibility index (Phi) is 4.60. The molecule has 1 amide bonds. The van der Waals surface area contributed by atoms with E-state index < -0.39 is 0 Å². The second-order valence-electron chi connectivity index (χ2n) is 7.59. The molecular formula is C22H23N5O. The Bertz CT molecular complexity index is 1070. The molecule has 1 aliphatic rings. The number of hydrogen-bond acceptors (Lipinski definition) is 4. The van der Waals surface area contributed by atoms with Gasteiger partial charge in [0.1, 0.15) is 11.6 Å². The van der Waals surface area contributed by atoms with E-state index in [1.165, 1.54) is 11.8 Å². The predicted molar refractivity (Wildman–Crippen MR) is 106 cm³/mol. The largest absolute Gasteiger partial charge is 0.355 e. The van der Waals surface area contributed by atoms with E-state index >= 15 is 0 Å². The van der Waals surface area contributed by atoms with Crippen LogP contribution in [0.4, 0.5) is 0 Å². The van der Waals surface area contributed by atoms with Crippen molar-refractivity contribution in [1.82, 2.24) is 19.9 Å². The molecule has 1 aliphatic carbocycles. The lowest BCUT2D eigenvalue weighted by molar-refractivity contribution is -0.121. The summed E-state index contributed by atoms with van der Waals surface area (Å²) < 4.78 is 1.69. The first-order valence-electron chi connectivity index (χ1n) is 9.60. The van der Waals surface area contributed by atoms with Crippen LogP contribution in [0.25, 0.3) is 5.65 Å². The molecule has 0 aliphatic heterocycles. The number of rotatable bonds is 6. The first kappa shape index (κ1) is 18.2. The molecule has 1 saturated carbocycles. The van der Waals surface area contributed by atoms with Gasteiger partial charge in [0.15, 0.2) is 5.65 Å². The standard InChI is InChI=1S/C22H23N5O/c1-15-19(16(2)27-21(26-15)17(12-23)13-25-27)8-9-20(28)24-14-22(10-11-22)18-6-4-3-5-7-18/h3-7,13H,8-11,14H2,1-2H3,(H,24,28). The topological polar surface area (TPSA) is 83.1 Å². The van der Waals surface area contributed by atoms with Gasteiger partial charge in [0.05, 0.1) is 6.20 Å². The maximum atomic E-state index is 12.5. The fourth-order valence-corrected chi connectivity index (χ4v) is 3.86. The third-order valence-electron chi connectivity index (χ3n) is 5.79. The van der Waals surface area contributed by atoms with E-state index in [0.29, 0.717) is 30.6 Å². The molecule has 6 heteroatoms. The zero-order valence-corrected chi connectivity index (χ0v) is 16.2. The Morgan fingerprint density at radius 1 is 1.29 bits per heavy atom. The first-order chi connectivity index (χ1) is 13.5. The highest BCUT2D eigenvalue weighted by molar-refractivity contribution is 5.76. The Morgan fingerprint density at radius 2 is 2.04 bits per heavy atom. The van der Waals surface area contributed by atoms with Gasteiger partial charge in [-0.1, -0.05) is 30.3 Å². The highest BCUT2D eigenvalue weighted by Gasteiger charge is 2.44. The maximum absolute atomic E-state index is 12.5. The van der Waals surface area contributed by atoms with E-state index in [1.54, 1.807) is 4.52 Å². The lowest BCUT2D eigenvalue weighted by Crippen LogP contribution is -2.32. The maximum Gasteiger partial charge on any atom is 0.220 e. The molecule has 28 heavy (non-hydrogen) atoms. The molecule has 0 bridgehead atoms. The fourth-order valence-electron chi connectivity index (χ4n) is 3.86. The molecule has 142 valence electrons. The van der Waals surface area contributed by atoms with E-state index in [0.717, 1.165) is 29.8 Å².